The second-order valence-corrected chi connectivity index (χ2v) is 7.83. The minimum Gasteiger partial charge on any atom is -0.460 e. The number of hydrogen-bond donors (Lipinski definition) is 1. The lowest BCUT2D eigenvalue weighted by Gasteiger charge is -2.25. The molecule has 0 aliphatic carbocycles. The maximum Gasteiger partial charge on any atom is 0.340 e. The maximum absolute atomic E-state index is 13.4. The summed E-state index contributed by atoms with van der Waals surface area (Å²) in [6.45, 7) is 8.99. The lowest BCUT2D eigenvalue weighted by Crippen LogP contribution is -2.31. The Labute approximate surface area is 172 Å². The van der Waals surface area contributed by atoms with E-state index in [1.165, 1.54) is 16.7 Å². The summed E-state index contributed by atoms with van der Waals surface area (Å²) in [5.41, 5.74) is 5.77. The predicted molar refractivity (Wildman–Crippen MR) is 111 cm³/mol. The van der Waals surface area contributed by atoms with Crippen LogP contribution in [-0.2, 0) is 9.47 Å². The number of carbonyl (C=O) groups is 2. The third kappa shape index (κ3) is 4.37. The summed E-state index contributed by atoms with van der Waals surface area (Å²) < 4.78 is 10.2. The van der Waals surface area contributed by atoms with Crippen LogP contribution in [0.2, 0.25) is 0 Å². The first kappa shape index (κ1) is 21.1. The first-order chi connectivity index (χ1) is 13.8. The van der Waals surface area contributed by atoms with Crippen molar-refractivity contribution < 1.29 is 19.1 Å². The fraction of sp³-hybridized carbons (Fsp3) is 0.478. The van der Waals surface area contributed by atoms with Crippen molar-refractivity contribution >= 4 is 11.9 Å². The van der Waals surface area contributed by atoms with Crippen molar-refractivity contribution in [3.05, 3.63) is 57.4 Å². The molecule has 29 heavy (non-hydrogen) atoms. The Bertz CT molecular complexity index is 896. The van der Waals surface area contributed by atoms with E-state index in [1.54, 1.807) is 21.0 Å². The molecule has 1 aromatic heterocycles. The quantitative estimate of drug-likeness (QED) is 0.589. The van der Waals surface area contributed by atoms with Crippen LogP contribution in [0.4, 0.5) is 0 Å². The van der Waals surface area contributed by atoms with Crippen molar-refractivity contribution in [3.63, 3.8) is 0 Å². The second-order valence-electron chi connectivity index (χ2n) is 7.83. The molecule has 1 unspecified atom stereocenters. The van der Waals surface area contributed by atoms with E-state index in [0.717, 1.165) is 12.8 Å². The Kier molecular flexibility index (Phi) is 6.42. The molecule has 1 N–H and O–H groups in total. The standard InChI is InChI=1S/C23H30N2O4/c1-14-11-15(2)13-18(12-14)19-7-6-8-25(19)22(26)21-16(3)20(17(4)24-21)23(27)29-10-9-28-5/h11-13,19,24H,6-10H2,1-5H3. The van der Waals surface area contributed by atoms with Gasteiger partial charge in [0.1, 0.15) is 12.3 Å². The zero-order valence-electron chi connectivity index (χ0n) is 17.9. The Morgan fingerprint density at radius 2 is 1.79 bits per heavy atom. The van der Waals surface area contributed by atoms with Crippen molar-refractivity contribution in [2.45, 2.75) is 46.6 Å². The van der Waals surface area contributed by atoms with Gasteiger partial charge in [0.2, 0.25) is 0 Å². The van der Waals surface area contributed by atoms with Gasteiger partial charge in [0.25, 0.3) is 5.91 Å². The monoisotopic (exact) mass is 398 g/mol. The van der Waals surface area contributed by atoms with Crippen molar-refractivity contribution in [1.29, 1.82) is 0 Å². The molecule has 2 aromatic rings. The molecule has 6 nitrogen and oxygen atoms in total. The van der Waals surface area contributed by atoms with Crippen molar-refractivity contribution in [2.24, 2.45) is 0 Å². The Morgan fingerprint density at radius 3 is 2.45 bits per heavy atom. The molecular weight excluding hydrogens is 368 g/mol. The molecule has 1 aliphatic rings. The molecule has 1 amide bonds. The van der Waals surface area contributed by atoms with Gasteiger partial charge in [0.05, 0.1) is 18.2 Å². The van der Waals surface area contributed by atoms with Gasteiger partial charge in [0.15, 0.2) is 0 Å². The second kappa shape index (κ2) is 8.82. The number of aromatic amines is 1. The molecule has 1 aliphatic heterocycles. The largest absolute Gasteiger partial charge is 0.460 e. The van der Waals surface area contributed by atoms with E-state index in [1.807, 2.05) is 4.90 Å². The number of rotatable bonds is 6. The first-order valence-corrected chi connectivity index (χ1v) is 10.1. The number of amides is 1. The number of nitrogens with one attached hydrogen (secondary N) is 1. The molecule has 156 valence electrons. The van der Waals surface area contributed by atoms with Gasteiger partial charge in [-0.05, 0) is 51.7 Å². The van der Waals surface area contributed by atoms with Crippen LogP contribution in [0.25, 0.3) is 0 Å². The summed E-state index contributed by atoms with van der Waals surface area (Å²) in [6, 6.07) is 6.52. The number of hydrogen-bond acceptors (Lipinski definition) is 4. The van der Waals surface area contributed by atoms with Gasteiger partial charge < -0.3 is 19.4 Å². The SMILES string of the molecule is COCCOC(=O)c1c(C)[nH]c(C(=O)N2CCCC2c2cc(C)cc(C)c2)c1C. The van der Waals surface area contributed by atoms with E-state index in [2.05, 4.69) is 37.0 Å². The summed E-state index contributed by atoms with van der Waals surface area (Å²) in [6.07, 6.45) is 1.91. The Morgan fingerprint density at radius 1 is 1.10 bits per heavy atom. The van der Waals surface area contributed by atoms with Crippen molar-refractivity contribution in [1.82, 2.24) is 9.88 Å². The molecule has 1 saturated heterocycles. The molecule has 0 spiro atoms. The molecule has 0 radical (unpaired) electrons. The van der Waals surface area contributed by atoms with Gasteiger partial charge in [-0.15, -0.1) is 0 Å². The number of aryl methyl sites for hydroxylation is 3. The summed E-state index contributed by atoms with van der Waals surface area (Å²) in [5, 5.41) is 0. The minimum absolute atomic E-state index is 0.0567. The molecule has 0 saturated carbocycles. The fourth-order valence-corrected chi connectivity index (χ4v) is 4.26. The van der Waals surface area contributed by atoms with Gasteiger partial charge in [-0.25, -0.2) is 4.79 Å². The van der Waals surface area contributed by atoms with Crippen LogP contribution < -0.4 is 0 Å². The van der Waals surface area contributed by atoms with Crippen molar-refractivity contribution in [3.8, 4) is 0 Å². The van der Waals surface area contributed by atoms with E-state index >= 15 is 0 Å². The average Bonchev–Trinajstić information content (AvgIpc) is 3.25. The summed E-state index contributed by atoms with van der Waals surface area (Å²) in [4.78, 5) is 30.9. The number of ether oxygens (including phenoxy) is 2. The number of benzene rings is 1. The molecule has 1 atom stereocenters. The molecule has 0 bridgehead atoms. The lowest BCUT2D eigenvalue weighted by atomic mass is 9.99. The number of esters is 1. The van der Waals surface area contributed by atoms with E-state index in [0.29, 0.717) is 35.7 Å². The van der Waals surface area contributed by atoms with Crippen LogP contribution in [0.3, 0.4) is 0 Å². The summed E-state index contributed by atoms with van der Waals surface area (Å²) >= 11 is 0. The molecule has 3 rings (SSSR count). The van der Waals surface area contributed by atoms with Crippen molar-refractivity contribution in [2.75, 3.05) is 26.9 Å². The highest BCUT2D eigenvalue weighted by atomic mass is 16.6. The fourth-order valence-electron chi connectivity index (χ4n) is 4.26. The van der Waals surface area contributed by atoms with Gasteiger partial charge in [-0.1, -0.05) is 29.3 Å². The summed E-state index contributed by atoms with van der Waals surface area (Å²) in [5.74, 6) is -0.497. The normalized spacial score (nSPS) is 16.3. The van der Waals surface area contributed by atoms with Crippen LogP contribution in [0.1, 0.15) is 67.7 Å². The van der Waals surface area contributed by atoms with Crippen LogP contribution >= 0.6 is 0 Å². The molecule has 2 heterocycles. The number of H-pyrrole nitrogens is 1. The minimum atomic E-state index is -0.431. The third-order valence-electron chi connectivity index (χ3n) is 5.52. The molecule has 1 aromatic carbocycles. The first-order valence-electron chi connectivity index (χ1n) is 10.1. The van der Waals surface area contributed by atoms with Gasteiger partial charge >= 0.3 is 5.97 Å². The maximum atomic E-state index is 13.4. The third-order valence-corrected chi connectivity index (χ3v) is 5.52. The number of aromatic nitrogens is 1. The van der Waals surface area contributed by atoms with E-state index in [4.69, 9.17) is 9.47 Å². The van der Waals surface area contributed by atoms with E-state index in [-0.39, 0.29) is 18.6 Å². The highest BCUT2D eigenvalue weighted by molar-refractivity contribution is 6.00. The number of likely N-dealkylation sites (tertiary alicyclic amines) is 1. The van der Waals surface area contributed by atoms with E-state index < -0.39 is 5.97 Å². The average molecular weight is 399 g/mol. The van der Waals surface area contributed by atoms with Crippen LogP contribution in [0, 0.1) is 27.7 Å². The van der Waals surface area contributed by atoms with Crippen LogP contribution in [0.5, 0.6) is 0 Å². The highest BCUT2D eigenvalue weighted by Gasteiger charge is 2.33. The zero-order chi connectivity index (χ0) is 21.1. The lowest BCUT2D eigenvalue weighted by molar-refractivity contribution is 0.0387. The smallest absolute Gasteiger partial charge is 0.340 e. The van der Waals surface area contributed by atoms with E-state index in [9.17, 15) is 9.59 Å². The number of methoxy groups -OCH3 is 1. The van der Waals surface area contributed by atoms with Gasteiger partial charge in [0, 0.05) is 19.3 Å². The zero-order valence-corrected chi connectivity index (χ0v) is 17.9. The highest BCUT2D eigenvalue weighted by Crippen LogP contribution is 2.35. The topological polar surface area (TPSA) is 71.6 Å². The molecule has 6 heteroatoms. The van der Waals surface area contributed by atoms with Gasteiger partial charge in [-0.2, -0.15) is 0 Å². The van der Waals surface area contributed by atoms with Crippen LogP contribution in [0.15, 0.2) is 18.2 Å². The summed E-state index contributed by atoms with van der Waals surface area (Å²) in [7, 11) is 1.56. The van der Waals surface area contributed by atoms with Gasteiger partial charge in [-0.3, -0.25) is 4.79 Å². The molecular formula is C23H30N2O4. The Hall–Kier alpha value is -2.60. The van der Waals surface area contributed by atoms with Crippen LogP contribution in [-0.4, -0.2) is 48.6 Å². The molecule has 1 fully saturated rings. The Balaban J connectivity index is 1.86. The number of nitrogens with zero attached hydrogens (tertiary/aromatic N) is 1. The predicted octanol–water partition coefficient (Wildman–Crippen LogP) is 4.03. The number of carbonyl (C=O) groups excluding carboxylic acids is 2.